The molecule has 160 valence electrons. The molecular weight excluding hydrogens is 462 g/mol. The molecule has 0 radical (unpaired) electrons. The van der Waals surface area contributed by atoms with Gasteiger partial charge in [0, 0.05) is 10.6 Å². The van der Waals surface area contributed by atoms with E-state index in [1.54, 1.807) is 23.5 Å². The lowest BCUT2D eigenvalue weighted by molar-refractivity contribution is 0.423. The predicted octanol–water partition coefficient (Wildman–Crippen LogP) is 6.09. The Morgan fingerprint density at radius 2 is 1.97 bits per heavy atom. The largest absolute Gasteiger partial charge is 0.334 e. The molecule has 0 fully saturated rings. The number of nitrogens with zero attached hydrogens (tertiary/aromatic N) is 5. The molecule has 0 saturated carbocycles. The summed E-state index contributed by atoms with van der Waals surface area (Å²) < 4.78 is 7.54. The topological polar surface area (TPSA) is 69.6 Å². The van der Waals surface area contributed by atoms with E-state index >= 15 is 0 Å². The van der Waals surface area contributed by atoms with Crippen molar-refractivity contribution in [1.82, 2.24) is 24.9 Å². The number of hydrogen-bond donors (Lipinski definition) is 1. The van der Waals surface area contributed by atoms with Crippen LogP contribution in [0.25, 0.3) is 22.2 Å². The van der Waals surface area contributed by atoms with Crippen molar-refractivity contribution in [3.63, 3.8) is 0 Å². The lowest BCUT2D eigenvalue weighted by Gasteiger charge is -2.12. The Hall–Kier alpha value is -2.94. The van der Waals surface area contributed by atoms with Gasteiger partial charge in [-0.3, -0.25) is 0 Å². The molecule has 32 heavy (non-hydrogen) atoms. The Morgan fingerprint density at radius 1 is 1.09 bits per heavy atom. The molecule has 6 nitrogen and oxygen atoms in total. The summed E-state index contributed by atoms with van der Waals surface area (Å²) in [6, 6.07) is 19.7. The molecule has 3 heterocycles. The lowest BCUT2D eigenvalue weighted by Crippen LogP contribution is -2.10. The van der Waals surface area contributed by atoms with Crippen LogP contribution in [-0.2, 0) is 6.54 Å². The highest BCUT2D eigenvalue weighted by atomic mass is 35.5. The van der Waals surface area contributed by atoms with Crippen molar-refractivity contribution in [3.8, 4) is 22.2 Å². The smallest absolute Gasteiger partial charge is 0.258 e. The second kappa shape index (κ2) is 8.90. The summed E-state index contributed by atoms with van der Waals surface area (Å²) in [6.45, 7) is 2.68. The Bertz CT molecular complexity index is 1360. The maximum atomic E-state index is 6.09. The van der Waals surface area contributed by atoms with E-state index in [-0.39, 0.29) is 0 Å². The molecule has 0 aliphatic rings. The van der Waals surface area contributed by atoms with Gasteiger partial charge in [-0.15, -0.1) is 21.5 Å². The molecule has 0 amide bonds. The summed E-state index contributed by atoms with van der Waals surface area (Å²) >= 11 is 12.5. The molecule has 5 rings (SSSR count). The van der Waals surface area contributed by atoms with Gasteiger partial charge in [0.05, 0.1) is 11.4 Å². The van der Waals surface area contributed by atoms with Crippen LogP contribution in [-0.4, -0.2) is 24.9 Å². The van der Waals surface area contributed by atoms with Gasteiger partial charge >= 0.3 is 0 Å². The number of thiol groups is 1. The van der Waals surface area contributed by atoms with Gasteiger partial charge in [0.1, 0.15) is 5.25 Å². The third-order valence-corrected chi connectivity index (χ3v) is 6.51. The molecule has 1 atom stereocenters. The van der Waals surface area contributed by atoms with E-state index in [0.717, 1.165) is 21.8 Å². The highest BCUT2D eigenvalue weighted by Gasteiger charge is 2.25. The van der Waals surface area contributed by atoms with E-state index in [4.69, 9.17) is 28.8 Å². The van der Waals surface area contributed by atoms with Crippen LogP contribution in [0, 0.1) is 6.92 Å². The standard InChI is InChI=1S/C23H18ClN5OS2/c1-14-5-2-6-15(11-14)13-29-21(18-9-4-10-32-18)26-27-22(29)19(31)20-25-23(30-28-20)16-7-3-8-17(24)12-16/h2-12,19,31H,13H2,1H3. The third kappa shape index (κ3) is 4.21. The zero-order valence-corrected chi connectivity index (χ0v) is 19.5. The van der Waals surface area contributed by atoms with E-state index in [9.17, 15) is 0 Å². The van der Waals surface area contributed by atoms with E-state index in [0.29, 0.717) is 29.1 Å². The summed E-state index contributed by atoms with van der Waals surface area (Å²) in [4.78, 5) is 5.57. The second-order valence-corrected chi connectivity index (χ2v) is 9.21. The number of hydrogen-bond acceptors (Lipinski definition) is 7. The fourth-order valence-electron chi connectivity index (χ4n) is 3.45. The molecule has 0 aliphatic carbocycles. The first kappa shape index (κ1) is 20.9. The van der Waals surface area contributed by atoms with Crippen LogP contribution in [0.5, 0.6) is 0 Å². The minimum absolute atomic E-state index is 0.379. The third-order valence-electron chi connectivity index (χ3n) is 4.95. The normalized spacial score (nSPS) is 12.2. The van der Waals surface area contributed by atoms with Crippen molar-refractivity contribution in [3.05, 3.63) is 93.8 Å². The average molecular weight is 480 g/mol. The average Bonchev–Trinajstić information content (AvgIpc) is 3.54. The van der Waals surface area contributed by atoms with Crippen LogP contribution in [0.2, 0.25) is 5.02 Å². The fraction of sp³-hybridized carbons (Fsp3) is 0.130. The molecule has 0 bridgehead atoms. The van der Waals surface area contributed by atoms with Crippen LogP contribution in [0.1, 0.15) is 28.0 Å². The molecule has 3 aromatic heterocycles. The van der Waals surface area contributed by atoms with Crippen molar-refractivity contribution in [2.24, 2.45) is 0 Å². The van der Waals surface area contributed by atoms with Crippen molar-refractivity contribution < 1.29 is 4.52 Å². The number of thiophene rings is 1. The van der Waals surface area contributed by atoms with E-state index in [2.05, 4.69) is 50.0 Å². The molecule has 0 N–H and O–H groups in total. The number of benzene rings is 2. The van der Waals surface area contributed by atoms with Crippen LogP contribution in [0.4, 0.5) is 0 Å². The van der Waals surface area contributed by atoms with Gasteiger partial charge in [-0.1, -0.05) is 58.7 Å². The van der Waals surface area contributed by atoms with Gasteiger partial charge in [0.25, 0.3) is 5.89 Å². The maximum Gasteiger partial charge on any atom is 0.258 e. The SMILES string of the molecule is Cc1cccc(Cn2c(-c3cccs3)nnc2C(S)c2noc(-c3cccc(Cl)c3)n2)c1. The first-order valence-electron chi connectivity index (χ1n) is 9.88. The highest BCUT2D eigenvalue weighted by Crippen LogP contribution is 2.32. The van der Waals surface area contributed by atoms with Crippen LogP contribution in [0.3, 0.4) is 0 Å². The lowest BCUT2D eigenvalue weighted by atomic mass is 10.1. The predicted molar refractivity (Wildman–Crippen MR) is 129 cm³/mol. The summed E-state index contributed by atoms with van der Waals surface area (Å²) in [5.74, 6) is 2.23. The minimum Gasteiger partial charge on any atom is -0.334 e. The molecule has 5 aromatic rings. The number of aryl methyl sites for hydroxylation is 1. The van der Waals surface area contributed by atoms with Gasteiger partial charge in [-0.2, -0.15) is 17.6 Å². The Morgan fingerprint density at radius 3 is 2.75 bits per heavy atom. The fourth-order valence-corrected chi connectivity index (χ4v) is 4.66. The van der Waals surface area contributed by atoms with Crippen LogP contribution in [0.15, 0.2) is 70.6 Å². The minimum atomic E-state index is -0.516. The Balaban J connectivity index is 1.53. The van der Waals surface area contributed by atoms with Crippen LogP contribution < -0.4 is 0 Å². The number of aromatic nitrogens is 5. The number of halogens is 1. The molecular formula is C23H18ClN5OS2. The molecule has 0 spiro atoms. The van der Waals surface area contributed by atoms with Crippen molar-refractivity contribution in [2.45, 2.75) is 18.7 Å². The van der Waals surface area contributed by atoms with Gasteiger partial charge in [-0.25, -0.2) is 0 Å². The molecule has 0 saturated heterocycles. The number of rotatable bonds is 6. The zero-order valence-electron chi connectivity index (χ0n) is 17.0. The Labute approximate surface area is 199 Å². The van der Waals surface area contributed by atoms with E-state index in [1.807, 2.05) is 35.7 Å². The molecule has 1 unspecified atom stereocenters. The first-order valence-corrected chi connectivity index (χ1v) is 11.7. The van der Waals surface area contributed by atoms with Gasteiger partial charge in [0.15, 0.2) is 17.5 Å². The van der Waals surface area contributed by atoms with Gasteiger partial charge < -0.3 is 9.09 Å². The summed E-state index contributed by atoms with van der Waals surface area (Å²) in [7, 11) is 0. The molecule has 2 aromatic carbocycles. The monoisotopic (exact) mass is 479 g/mol. The highest BCUT2D eigenvalue weighted by molar-refractivity contribution is 7.80. The molecule has 0 aliphatic heterocycles. The van der Waals surface area contributed by atoms with Gasteiger partial charge in [0.2, 0.25) is 0 Å². The quantitative estimate of drug-likeness (QED) is 0.298. The van der Waals surface area contributed by atoms with Gasteiger partial charge in [-0.05, 0) is 42.1 Å². The maximum absolute atomic E-state index is 6.09. The zero-order chi connectivity index (χ0) is 22.1. The van der Waals surface area contributed by atoms with E-state index in [1.165, 1.54) is 5.56 Å². The van der Waals surface area contributed by atoms with Crippen LogP contribution >= 0.6 is 35.6 Å². The van der Waals surface area contributed by atoms with Crippen molar-refractivity contribution >= 4 is 35.6 Å². The second-order valence-electron chi connectivity index (χ2n) is 7.30. The van der Waals surface area contributed by atoms with E-state index < -0.39 is 5.25 Å². The molecule has 9 heteroatoms. The van der Waals surface area contributed by atoms with Crippen molar-refractivity contribution in [2.75, 3.05) is 0 Å². The summed E-state index contributed by atoms with van der Waals surface area (Å²) in [5.41, 5.74) is 3.09. The first-order chi connectivity index (χ1) is 15.6. The summed E-state index contributed by atoms with van der Waals surface area (Å²) in [5, 5.41) is 15.2. The van der Waals surface area contributed by atoms with Crippen molar-refractivity contribution in [1.29, 1.82) is 0 Å². The summed E-state index contributed by atoms with van der Waals surface area (Å²) in [6.07, 6.45) is 0. The Kier molecular flexibility index (Phi) is 5.82.